The molecule has 1 aromatic heterocycles. The van der Waals surface area contributed by atoms with Gasteiger partial charge in [0.15, 0.2) is 0 Å². The van der Waals surface area contributed by atoms with Gasteiger partial charge in [0.2, 0.25) is 5.91 Å². The fourth-order valence-electron chi connectivity index (χ4n) is 3.62. The average Bonchev–Trinajstić information content (AvgIpc) is 3.06. The number of ether oxygens (including phenoxy) is 1. The van der Waals surface area contributed by atoms with E-state index in [1.807, 2.05) is 47.1 Å². The first-order chi connectivity index (χ1) is 12.2. The summed E-state index contributed by atoms with van der Waals surface area (Å²) in [5.74, 6) is 2.16. The van der Waals surface area contributed by atoms with Gasteiger partial charge in [-0.25, -0.2) is 4.98 Å². The highest BCUT2D eigenvalue weighted by atomic mass is 16.5. The van der Waals surface area contributed by atoms with Crippen LogP contribution in [0.4, 0.5) is 0 Å². The van der Waals surface area contributed by atoms with Crippen LogP contribution in [-0.2, 0) is 24.8 Å². The molecule has 0 radical (unpaired) electrons. The number of benzene rings is 1. The van der Waals surface area contributed by atoms with E-state index >= 15 is 0 Å². The molecule has 1 aromatic carbocycles. The third kappa shape index (κ3) is 3.39. The Bertz CT molecular complexity index is 749. The lowest BCUT2D eigenvalue weighted by molar-refractivity contribution is -0.138. The van der Waals surface area contributed by atoms with Gasteiger partial charge in [-0.3, -0.25) is 9.69 Å². The number of aryl methyl sites for hydroxylation is 1. The number of amides is 1. The molecule has 3 heterocycles. The number of nitrogens with zero attached hydrogens (tertiary/aromatic N) is 4. The van der Waals surface area contributed by atoms with E-state index in [0.29, 0.717) is 6.61 Å². The van der Waals surface area contributed by atoms with E-state index in [2.05, 4.69) is 16.0 Å². The number of hydrogen-bond acceptors (Lipinski definition) is 4. The summed E-state index contributed by atoms with van der Waals surface area (Å²) < 4.78 is 7.83. The first-order valence-corrected chi connectivity index (χ1v) is 8.89. The number of para-hydroxylation sites is 1. The Balaban J connectivity index is 1.32. The Morgan fingerprint density at radius 3 is 2.80 bits per heavy atom. The molecule has 0 bridgehead atoms. The quantitative estimate of drug-likeness (QED) is 0.846. The number of piperazine rings is 1. The van der Waals surface area contributed by atoms with Crippen molar-refractivity contribution in [1.29, 1.82) is 0 Å². The molecule has 2 aliphatic rings. The van der Waals surface area contributed by atoms with Gasteiger partial charge in [-0.05, 0) is 18.1 Å². The lowest BCUT2D eigenvalue weighted by Crippen LogP contribution is -2.51. The van der Waals surface area contributed by atoms with Gasteiger partial charge in [-0.2, -0.15) is 0 Å². The number of rotatable bonds is 3. The molecule has 1 fully saturated rings. The molecule has 0 unspecified atom stereocenters. The first-order valence-electron chi connectivity index (χ1n) is 8.89. The van der Waals surface area contributed by atoms with Crippen molar-refractivity contribution < 1.29 is 9.53 Å². The van der Waals surface area contributed by atoms with Crippen LogP contribution in [0.15, 0.2) is 36.7 Å². The molecule has 0 N–H and O–H groups in total. The standard InChI is InChI=1S/C19H24N4O2/c1-21-7-6-20-18(21)13-22-8-10-23(11-9-22)19(24)16-12-15-4-2-3-5-17(15)25-14-16/h2-7,16H,8-14H2,1H3/t16-/m1/s1. The average molecular weight is 340 g/mol. The molecule has 4 rings (SSSR count). The summed E-state index contributed by atoms with van der Waals surface area (Å²) in [5.41, 5.74) is 1.14. The molecule has 25 heavy (non-hydrogen) atoms. The van der Waals surface area contributed by atoms with Crippen LogP contribution in [0.25, 0.3) is 0 Å². The maximum absolute atomic E-state index is 12.9. The van der Waals surface area contributed by atoms with E-state index in [-0.39, 0.29) is 11.8 Å². The van der Waals surface area contributed by atoms with E-state index < -0.39 is 0 Å². The van der Waals surface area contributed by atoms with Gasteiger partial charge in [0.25, 0.3) is 0 Å². The number of carbonyl (C=O) groups is 1. The fraction of sp³-hybridized carbons (Fsp3) is 0.474. The van der Waals surface area contributed by atoms with Crippen molar-refractivity contribution in [2.45, 2.75) is 13.0 Å². The van der Waals surface area contributed by atoms with Crippen LogP contribution in [-0.4, -0.2) is 58.0 Å². The predicted molar refractivity (Wildman–Crippen MR) is 94.2 cm³/mol. The van der Waals surface area contributed by atoms with Crippen LogP contribution in [0.2, 0.25) is 0 Å². The zero-order chi connectivity index (χ0) is 17.2. The zero-order valence-electron chi connectivity index (χ0n) is 14.6. The number of carbonyl (C=O) groups excluding carboxylic acids is 1. The molecule has 1 amide bonds. The van der Waals surface area contributed by atoms with E-state index in [1.165, 1.54) is 0 Å². The Labute approximate surface area is 148 Å². The molecule has 132 valence electrons. The highest BCUT2D eigenvalue weighted by Gasteiger charge is 2.31. The highest BCUT2D eigenvalue weighted by molar-refractivity contribution is 5.80. The van der Waals surface area contributed by atoms with Gasteiger partial charge < -0.3 is 14.2 Å². The molecule has 0 aliphatic carbocycles. The monoisotopic (exact) mass is 340 g/mol. The van der Waals surface area contributed by atoms with Crippen molar-refractivity contribution in [3.05, 3.63) is 48.0 Å². The number of fused-ring (bicyclic) bond motifs is 1. The molecule has 1 atom stereocenters. The minimum absolute atomic E-state index is 0.0593. The van der Waals surface area contributed by atoms with Gasteiger partial charge in [0, 0.05) is 45.6 Å². The van der Waals surface area contributed by atoms with Crippen LogP contribution in [0.1, 0.15) is 11.4 Å². The second-order valence-electron chi connectivity index (χ2n) is 6.88. The van der Waals surface area contributed by atoms with Crippen molar-refractivity contribution in [2.75, 3.05) is 32.8 Å². The molecule has 0 spiro atoms. The van der Waals surface area contributed by atoms with Crippen LogP contribution < -0.4 is 4.74 Å². The van der Waals surface area contributed by atoms with Crippen molar-refractivity contribution in [3.8, 4) is 5.75 Å². The van der Waals surface area contributed by atoms with Gasteiger partial charge >= 0.3 is 0 Å². The van der Waals surface area contributed by atoms with Gasteiger partial charge in [0.05, 0.1) is 12.5 Å². The lowest BCUT2D eigenvalue weighted by Gasteiger charge is -2.37. The van der Waals surface area contributed by atoms with Crippen LogP contribution in [0, 0.1) is 5.92 Å². The Morgan fingerprint density at radius 1 is 1.24 bits per heavy atom. The number of imidazole rings is 1. The van der Waals surface area contributed by atoms with Crippen LogP contribution in [0.5, 0.6) is 5.75 Å². The summed E-state index contributed by atoms with van der Waals surface area (Å²) in [4.78, 5) is 21.6. The van der Waals surface area contributed by atoms with Crippen molar-refractivity contribution in [1.82, 2.24) is 19.4 Å². The summed E-state index contributed by atoms with van der Waals surface area (Å²) in [6.07, 6.45) is 4.58. The molecule has 2 aliphatic heterocycles. The largest absolute Gasteiger partial charge is 0.492 e. The van der Waals surface area contributed by atoms with Crippen LogP contribution >= 0.6 is 0 Å². The van der Waals surface area contributed by atoms with Gasteiger partial charge in [-0.15, -0.1) is 0 Å². The molecule has 1 saturated heterocycles. The normalized spacial score (nSPS) is 20.8. The third-order valence-electron chi connectivity index (χ3n) is 5.20. The maximum atomic E-state index is 12.9. The maximum Gasteiger partial charge on any atom is 0.229 e. The minimum atomic E-state index is -0.0593. The summed E-state index contributed by atoms with van der Waals surface area (Å²) in [6, 6.07) is 8.01. The van der Waals surface area contributed by atoms with E-state index in [4.69, 9.17) is 4.74 Å². The molecule has 6 heteroatoms. The SMILES string of the molecule is Cn1ccnc1CN1CCN(C(=O)[C@H]2COc3ccccc3C2)CC1. The van der Waals surface area contributed by atoms with Gasteiger partial charge in [0.1, 0.15) is 18.2 Å². The fourth-order valence-corrected chi connectivity index (χ4v) is 3.62. The minimum Gasteiger partial charge on any atom is -0.492 e. The predicted octanol–water partition coefficient (Wildman–Crippen LogP) is 1.32. The number of aromatic nitrogens is 2. The molecular formula is C19H24N4O2. The molecule has 6 nitrogen and oxygen atoms in total. The summed E-state index contributed by atoms with van der Waals surface area (Å²) >= 11 is 0. The second-order valence-corrected chi connectivity index (χ2v) is 6.88. The molecule has 2 aromatic rings. The molecule has 0 saturated carbocycles. The Hall–Kier alpha value is -2.34. The highest BCUT2D eigenvalue weighted by Crippen LogP contribution is 2.28. The Morgan fingerprint density at radius 2 is 2.04 bits per heavy atom. The summed E-state index contributed by atoms with van der Waals surface area (Å²) in [7, 11) is 2.02. The van der Waals surface area contributed by atoms with Crippen LogP contribution in [0.3, 0.4) is 0 Å². The molecular weight excluding hydrogens is 316 g/mol. The van der Waals surface area contributed by atoms with E-state index in [1.54, 1.807) is 0 Å². The van der Waals surface area contributed by atoms with Crippen molar-refractivity contribution >= 4 is 5.91 Å². The Kier molecular flexibility index (Phi) is 4.44. The summed E-state index contributed by atoms with van der Waals surface area (Å²) in [6.45, 7) is 4.67. The second kappa shape index (κ2) is 6.88. The van der Waals surface area contributed by atoms with Crippen molar-refractivity contribution in [3.63, 3.8) is 0 Å². The summed E-state index contributed by atoms with van der Waals surface area (Å²) in [5, 5.41) is 0. The third-order valence-corrected chi connectivity index (χ3v) is 5.20. The zero-order valence-corrected chi connectivity index (χ0v) is 14.6. The van der Waals surface area contributed by atoms with E-state index in [9.17, 15) is 4.79 Å². The number of hydrogen-bond donors (Lipinski definition) is 0. The topological polar surface area (TPSA) is 50.6 Å². The first kappa shape index (κ1) is 16.1. The van der Waals surface area contributed by atoms with Gasteiger partial charge in [-0.1, -0.05) is 18.2 Å². The smallest absolute Gasteiger partial charge is 0.229 e. The lowest BCUT2D eigenvalue weighted by atomic mass is 9.95. The van der Waals surface area contributed by atoms with Crippen molar-refractivity contribution in [2.24, 2.45) is 13.0 Å². The van der Waals surface area contributed by atoms with E-state index in [0.717, 1.165) is 56.3 Å².